The summed E-state index contributed by atoms with van der Waals surface area (Å²) < 4.78 is 52.8. The van der Waals surface area contributed by atoms with Gasteiger partial charge in [0.15, 0.2) is 5.78 Å². The summed E-state index contributed by atoms with van der Waals surface area (Å²) in [6, 6.07) is 10.3. The topological polar surface area (TPSA) is 68.3 Å². The average molecular weight is 596 g/mol. The van der Waals surface area contributed by atoms with Crippen LogP contribution in [0.1, 0.15) is 27.4 Å². The maximum absolute atomic E-state index is 13.0. The van der Waals surface area contributed by atoms with Gasteiger partial charge in [-0.05, 0) is 47.5 Å². The normalized spacial score (nSPS) is 18.3. The Labute approximate surface area is 227 Å². The Kier molecular flexibility index (Phi) is 7.63. The molecule has 1 N–H and O–H groups in total. The van der Waals surface area contributed by atoms with Gasteiger partial charge < -0.3 is 10.1 Å². The Morgan fingerprint density at radius 3 is 2.38 bits per heavy atom. The second-order valence-corrected chi connectivity index (χ2v) is 10.4. The van der Waals surface area contributed by atoms with E-state index in [0.29, 0.717) is 11.1 Å². The van der Waals surface area contributed by atoms with Crippen LogP contribution >= 0.6 is 46.4 Å². The molecule has 0 aliphatic heterocycles. The summed E-state index contributed by atoms with van der Waals surface area (Å²) in [7, 11) is 0. The van der Waals surface area contributed by atoms with E-state index in [2.05, 4.69) is 15.0 Å². The molecule has 1 aliphatic rings. The van der Waals surface area contributed by atoms with E-state index in [9.17, 15) is 27.2 Å². The lowest BCUT2D eigenvalue weighted by atomic mass is 10.0. The molecule has 4 rings (SSSR count). The number of ketones is 1. The SMILES string of the molecule is O=C(Cc1ccc(F)nc1)c1cc(NC(=O)C2C(c3ccc(OC(F)(F)F)c(Cl)c3)C2(Cl)Cl)ccc1Cl. The molecule has 2 aromatic carbocycles. The minimum atomic E-state index is -4.93. The van der Waals surface area contributed by atoms with Crippen LogP contribution in [0.5, 0.6) is 5.75 Å². The Balaban J connectivity index is 1.48. The molecule has 13 heteroatoms. The lowest BCUT2D eigenvalue weighted by Crippen LogP contribution is -2.18. The summed E-state index contributed by atoms with van der Waals surface area (Å²) in [6.07, 6.45) is -3.80. The fourth-order valence-corrected chi connectivity index (χ4v) is 5.09. The van der Waals surface area contributed by atoms with Crippen molar-refractivity contribution in [3.05, 3.63) is 87.4 Å². The molecule has 0 radical (unpaired) electrons. The molecule has 1 saturated carbocycles. The maximum Gasteiger partial charge on any atom is 0.573 e. The third-order valence-corrected chi connectivity index (χ3v) is 7.13. The average Bonchev–Trinajstić information content (AvgIpc) is 3.39. The van der Waals surface area contributed by atoms with Gasteiger partial charge in [-0.25, -0.2) is 4.98 Å². The number of nitrogens with one attached hydrogen (secondary N) is 1. The van der Waals surface area contributed by atoms with Crippen LogP contribution in [-0.2, 0) is 11.2 Å². The number of anilines is 1. The van der Waals surface area contributed by atoms with Crippen molar-refractivity contribution in [1.82, 2.24) is 4.98 Å². The first-order valence-corrected chi connectivity index (χ1v) is 11.9. The predicted molar refractivity (Wildman–Crippen MR) is 131 cm³/mol. The number of nitrogens with zero attached hydrogens (tertiary/aromatic N) is 1. The molecular weight excluding hydrogens is 582 g/mol. The molecule has 2 unspecified atom stereocenters. The van der Waals surface area contributed by atoms with Gasteiger partial charge in [0.1, 0.15) is 10.1 Å². The first-order valence-electron chi connectivity index (χ1n) is 10.4. The quantitative estimate of drug-likeness (QED) is 0.134. The lowest BCUT2D eigenvalue weighted by Gasteiger charge is -2.11. The van der Waals surface area contributed by atoms with E-state index in [-0.39, 0.29) is 27.7 Å². The number of carbonyl (C=O) groups is 2. The molecule has 2 atom stereocenters. The third-order valence-electron chi connectivity index (χ3n) is 5.56. The molecule has 3 aromatic rings. The zero-order valence-electron chi connectivity index (χ0n) is 18.3. The monoisotopic (exact) mass is 594 g/mol. The minimum Gasteiger partial charge on any atom is -0.404 e. The van der Waals surface area contributed by atoms with Crippen molar-refractivity contribution in [3.63, 3.8) is 0 Å². The Morgan fingerprint density at radius 1 is 1.03 bits per heavy atom. The Morgan fingerprint density at radius 2 is 1.76 bits per heavy atom. The summed E-state index contributed by atoms with van der Waals surface area (Å²) in [5.41, 5.74) is 1.16. The number of halogens is 8. The van der Waals surface area contributed by atoms with Crippen molar-refractivity contribution >= 4 is 63.8 Å². The number of benzene rings is 2. The van der Waals surface area contributed by atoms with Gasteiger partial charge >= 0.3 is 6.36 Å². The highest BCUT2D eigenvalue weighted by atomic mass is 35.5. The van der Waals surface area contributed by atoms with Gasteiger partial charge in [-0.3, -0.25) is 9.59 Å². The standard InChI is InChI=1S/C24H14Cl4F4N2O3/c25-15-4-3-13(9-14(15)17(35)7-11-1-6-19(29)33-10-11)34-22(36)21-20(23(21,27)28)12-2-5-18(16(26)8-12)37-24(30,31)32/h1-6,8-10,20-21H,7H2,(H,34,36). The van der Waals surface area contributed by atoms with E-state index < -0.39 is 45.9 Å². The zero-order chi connectivity index (χ0) is 27.1. The van der Waals surface area contributed by atoms with Crippen LogP contribution < -0.4 is 10.1 Å². The van der Waals surface area contributed by atoms with Crippen molar-refractivity contribution < 1.29 is 31.9 Å². The van der Waals surface area contributed by atoms with E-state index in [1.807, 2.05) is 0 Å². The molecule has 1 fully saturated rings. The first-order chi connectivity index (χ1) is 17.3. The van der Waals surface area contributed by atoms with Gasteiger partial charge in [0.2, 0.25) is 11.9 Å². The number of ether oxygens (including phenoxy) is 1. The van der Waals surface area contributed by atoms with Gasteiger partial charge in [-0.15, -0.1) is 36.4 Å². The highest BCUT2D eigenvalue weighted by Gasteiger charge is 2.67. The maximum atomic E-state index is 13.0. The molecule has 37 heavy (non-hydrogen) atoms. The second kappa shape index (κ2) is 10.3. The van der Waals surface area contributed by atoms with E-state index >= 15 is 0 Å². The van der Waals surface area contributed by atoms with Crippen LogP contribution in [0.15, 0.2) is 54.7 Å². The first kappa shape index (κ1) is 27.4. The van der Waals surface area contributed by atoms with Gasteiger partial charge in [0, 0.05) is 29.8 Å². The fraction of sp³-hybridized carbons (Fsp3) is 0.208. The van der Waals surface area contributed by atoms with E-state index in [1.165, 1.54) is 42.6 Å². The third kappa shape index (κ3) is 6.29. The van der Waals surface area contributed by atoms with Gasteiger partial charge in [-0.2, -0.15) is 4.39 Å². The summed E-state index contributed by atoms with van der Waals surface area (Å²) in [6.45, 7) is 0. The molecule has 1 amide bonds. The van der Waals surface area contributed by atoms with Gasteiger partial charge in [0.25, 0.3) is 0 Å². The summed E-state index contributed by atoms with van der Waals surface area (Å²) in [5, 5.41) is 2.43. The molecule has 1 heterocycles. The Bertz CT molecular complexity index is 1370. The van der Waals surface area contributed by atoms with Crippen LogP contribution in [0.2, 0.25) is 10.0 Å². The van der Waals surface area contributed by atoms with E-state index in [4.69, 9.17) is 46.4 Å². The van der Waals surface area contributed by atoms with Crippen molar-refractivity contribution in [1.29, 1.82) is 0 Å². The van der Waals surface area contributed by atoms with E-state index in [0.717, 1.165) is 12.1 Å². The van der Waals surface area contributed by atoms with Gasteiger partial charge in [0.05, 0.1) is 16.0 Å². The molecule has 0 bridgehead atoms. The molecular formula is C24H14Cl4F4N2O3. The lowest BCUT2D eigenvalue weighted by molar-refractivity contribution is -0.274. The fourth-order valence-electron chi connectivity index (χ4n) is 3.81. The van der Waals surface area contributed by atoms with Crippen LogP contribution in [0, 0.1) is 11.9 Å². The number of amides is 1. The van der Waals surface area contributed by atoms with Crippen LogP contribution in [-0.4, -0.2) is 27.4 Å². The van der Waals surface area contributed by atoms with Crippen LogP contribution in [0.3, 0.4) is 0 Å². The molecule has 1 aliphatic carbocycles. The zero-order valence-corrected chi connectivity index (χ0v) is 21.3. The smallest absolute Gasteiger partial charge is 0.404 e. The minimum absolute atomic E-state index is 0.101. The summed E-state index contributed by atoms with van der Waals surface area (Å²) in [5.74, 6) is -4.01. The number of pyridine rings is 1. The van der Waals surface area contributed by atoms with Crippen molar-refractivity contribution in [3.8, 4) is 5.75 Å². The van der Waals surface area contributed by atoms with Crippen molar-refractivity contribution in [2.24, 2.45) is 5.92 Å². The van der Waals surface area contributed by atoms with Crippen molar-refractivity contribution in [2.75, 3.05) is 5.32 Å². The molecule has 5 nitrogen and oxygen atoms in total. The summed E-state index contributed by atoms with van der Waals surface area (Å²) >= 11 is 24.7. The van der Waals surface area contributed by atoms with Gasteiger partial charge in [-0.1, -0.05) is 35.3 Å². The van der Waals surface area contributed by atoms with Crippen LogP contribution in [0.4, 0.5) is 23.2 Å². The predicted octanol–water partition coefficient (Wildman–Crippen LogP) is 7.38. The number of hydrogen-bond acceptors (Lipinski definition) is 4. The molecule has 1 aromatic heterocycles. The molecule has 194 valence electrons. The van der Waals surface area contributed by atoms with E-state index in [1.54, 1.807) is 0 Å². The second-order valence-electron chi connectivity index (χ2n) is 8.14. The Hall–Kier alpha value is -2.59. The molecule has 0 spiro atoms. The number of rotatable bonds is 7. The van der Waals surface area contributed by atoms with Crippen LogP contribution in [0.25, 0.3) is 0 Å². The highest BCUT2D eigenvalue weighted by Crippen LogP contribution is 2.65. The largest absolute Gasteiger partial charge is 0.573 e. The number of carbonyl (C=O) groups excluding carboxylic acids is 2. The summed E-state index contributed by atoms with van der Waals surface area (Å²) in [4.78, 5) is 29.2. The highest BCUT2D eigenvalue weighted by molar-refractivity contribution is 6.53. The number of hydrogen-bond donors (Lipinski definition) is 1. The number of aromatic nitrogens is 1. The molecule has 0 saturated heterocycles. The number of alkyl halides is 5. The van der Waals surface area contributed by atoms with Crippen molar-refractivity contribution in [2.45, 2.75) is 23.0 Å². The number of Topliss-reactive ketones (excluding diaryl/α,β-unsaturated/α-hetero) is 1.